The van der Waals surface area contributed by atoms with Gasteiger partial charge in [0.1, 0.15) is 6.04 Å². The van der Waals surface area contributed by atoms with E-state index in [-0.39, 0.29) is 30.6 Å². The fourth-order valence-electron chi connectivity index (χ4n) is 3.05. The average Bonchev–Trinajstić information content (AvgIpc) is 3.29. The number of nitrogens with zero attached hydrogens (tertiary/aromatic N) is 1. The summed E-state index contributed by atoms with van der Waals surface area (Å²) in [5, 5.41) is 14.6. The summed E-state index contributed by atoms with van der Waals surface area (Å²) in [5.41, 5.74) is 0.988. The lowest BCUT2D eigenvalue weighted by Crippen LogP contribution is -2.36. The van der Waals surface area contributed by atoms with Crippen LogP contribution in [-0.2, 0) is 19.1 Å². The number of carboxylic acid groups (broad SMARTS) is 1. The van der Waals surface area contributed by atoms with Crippen LogP contribution in [0.2, 0.25) is 0 Å². The van der Waals surface area contributed by atoms with Crippen LogP contribution < -0.4 is 10.6 Å². The van der Waals surface area contributed by atoms with E-state index in [2.05, 4.69) is 10.6 Å². The number of hydrogen-bond donors (Lipinski definition) is 3. The van der Waals surface area contributed by atoms with Crippen molar-refractivity contribution in [2.24, 2.45) is 5.92 Å². The van der Waals surface area contributed by atoms with Crippen molar-refractivity contribution in [3.05, 3.63) is 54.4 Å². The molecule has 1 heterocycles. The first-order chi connectivity index (χ1) is 15.3. The zero-order chi connectivity index (χ0) is 23.5. The van der Waals surface area contributed by atoms with E-state index in [1.807, 2.05) is 6.92 Å². The first-order valence-corrected chi connectivity index (χ1v) is 10.5. The van der Waals surface area contributed by atoms with Gasteiger partial charge in [-0.25, -0.2) is 4.79 Å². The zero-order valence-electron chi connectivity index (χ0n) is 18.2. The van der Waals surface area contributed by atoms with Crippen LogP contribution in [0.25, 0.3) is 0 Å². The Labute approximate surface area is 186 Å². The van der Waals surface area contributed by atoms with Crippen LogP contribution in [0.1, 0.15) is 49.5 Å². The van der Waals surface area contributed by atoms with Crippen molar-refractivity contribution in [3.63, 3.8) is 0 Å². The van der Waals surface area contributed by atoms with Gasteiger partial charge in [0.25, 0.3) is 0 Å². The lowest BCUT2D eigenvalue weighted by Gasteiger charge is -2.19. The zero-order valence-corrected chi connectivity index (χ0v) is 18.2. The molecule has 0 saturated heterocycles. The highest BCUT2D eigenvalue weighted by Crippen LogP contribution is 2.14. The van der Waals surface area contributed by atoms with Gasteiger partial charge in [-0.2, -0.15) is 0 Å². The maximum absolute atomic E-state index is 12.5. The van der Waals surface area contributed by atoms with Crippen molar-refractivity contribution in [3.8, 4) is 0 Å². The van der Waals surface area contributed by atoms with E-state index in [0.29, 0.717) is 30.8 Å². The van der Waals surface area contributed by atoms with Crippen LogP contribution in [0.3, 0.4) is 0 Å². The van der Waals surface area contributed by atoms with Gasteiger partial charge < -0.3 is 25.0 Å². The minimum Gasteiger partial charge on any atom is -0.481 e. The lowest BCUT2D eigenvalue weighted by atomic mass is 10.0. The van der Waals surface area contributed by atoms with E-state index in [0.717, 1.165) is 0 Å². The van der Waals surface area contributed by atoms with Gasteiger partial charge in [-0.3, -0.25) is 14.4 Å². The smallest absolute Gasteiger partial charge is 0.338 e. The van der Waals surface area contributed by atoms with E-state index in [1.165, 1.54) is 0 Å². The van der Waals surface area contributed by atoms with Crippen molar-refractivity contribution in [1.82, 2.24) is 9.88 Å². The lowest BCUT2D eigenvalue weighted by molar-refractivity contribution is -0.140. The van der Waals surface area contributed by atoms with Gasteiger partial charge in [-0.1, -0.05) is 6.92 Å². The van der Waals surface area contributed by atoms with Crippen LogP contribution in [-0.4, -0.2) is 46.6 Å². The molecule has 0 spiro atoms. The number of carbonyl (C=O) groups is 4. The molecule has 3 N–H and O–H groups in total. The van der Waals surface area contributed by atoms with E-state index < -0.39 is 18.0 Å². The Morgan fingerprint density at radius 3 is 2.34 bits per heavy atom. The molecule has 2 amide bonds. The minimum atomic E-state index is -1.06. The van der Waals surface area contributed by atoms with Gasteiger partial charge >= 0.3 is 11.9 Å². The molecule has 172 valence electrons. The van der Waals surface area contributed by atoms with Crippen LogP contribution in [0.15, 0.2) is 48.8 Å². The van der Waals surface area contributed by atoms with Crippen molar-refractivity contribution in [1.29, 1.82) is 0 Å². The molecule has 0 aliphatic rings. The second kappa shape index (κ2) is 12.3. The molecule has 0 fully saturated rings. The molecule has 2 aromatic rings. The van der Waals surface area contributed by atoms with Crippen LogP contribution in [0, 0.1) is 5.92 Å². The third kappa shape index (κ3) is 7.90. The standard InChI is InChI=1S/C23H29N3O6/c1-3-32-23(31)17-7-9-18(10-8-17)25-20(27)11-6-16(2)15-24-22(30)19(14-21(28)29)26-12-4-5-13-26/h4-5,7-10,12-13,16,19H,3,6,11,14-15H2,1-2H3,(H,24,30)(H,25,27)(H,28,29)/t16?,19-/m1/s1. The molecule has 0 saturated carbocycles. The average molecular weight is 444 g/mol. The van der Waals surface area contributed by atoms with Crippen molar-refractivity contribution in [2.45, 2.75) is 39.2 Å². The Bertz CT molecular complexity index is 908. The van der Waals surface area contributed by atoms with Crippen molar-refractivity contribution in [2.75, 3.05) is 18.5 Å². The summed E-state index contributed by atoms with van der Waals surface area (Å²) in [4.78, 5) is 47.4. The number of nitrogens with one attached hydrogen (secondary N) is 2. The fraction of sp³-hybridized carbons (Fsp3) is 0.391. The summed E-state index contributed by atoms with van der Waals surface area (Å²) in [6, 6.07) is 9.08. The topological polar surface area (TPSA) is 127 Å². The Kier molecular flexibility index (Phi) is 9.46. The highest BCUT2D eigenvalue weighted by molar-refractivity contribution is 5.93. The van der Waals surface area contributed by atoms with Crippen LogP contribution in [0.5, 0.6) is 0 Å². The number of esters is 1. The number of benzene rings is 1. The van der Waals surface area contributed by atoms with Crippen molar-refractivity contribution < 1.29 is 29.0 Å². The van der Waals surface area contributed by atoms with Gasteiger partial charge in [0, 0.05) is 31.0 Å². The molecule has 1 unspecified atom stereocenters. The molecule has 0 aliphatic heterocycles. The molecule has 0 aliphatic carbocycles. The number of carboxylic acids is 1. The number of amides is 2. The van der Waals surface area contributed by atoms with Crippen LogP contribution in [0.4, 0.5) is 5.69 Å². The second-order valence-corrected chi connectivity index (χ2v) is 7.48. The molecule has 0 bridgehead atoms. The first kappa shape index (κ1) is 24.6. The molecule has 0 radical (unpaired) electrons. The van der Waals surface area contributed by atoms with Gasteiger partial charge in [-0.15, -0.1) is 0 Å². The summed E-state index contributed by atoms with van der Waals surface area (Å²) in [5.74, 6) is -2.00. The summed E-state index contributed by atoms with van der Waals surface area (Å²) in [7, 11) is 0. The Hall–Kier alpha value is -3.62. The Morgan fingerprint density at radius 2 is 1.75 bits per heavy atom. The van der Waals surface area contributed by atoms with Crippen LogP contribution >= 0.6 is 0 Å². The third-order valence-corrected chi connectivity index (χ3v) is 4.83. The third-order valence-electron chi connectivity index (χ3n) is 4.83. The molecule has 32 heavy (non-hydrogen) atoms. The Balaban J connectivity index is 1.76. The van der Waals surface area contributed by atoms with Crippen molar-refractivity contribution >= 4 is 29.4 Å². The summed E-state index contributed by atoms with van der Waals surface area (Å²) in [6.07, 6.45) is 3.79. The summed E-state index contributed by atoms with van der Waals surface area (Å²) in [6.45, 7) is 4.26. The minimum absolute atomic E-state index is 0.0195. The second-order valence-electron chi connectivity index (χ2n) is 7.48. The van der Waals surface area contributed by atoms with E-state index >= 15 is 0 Å². The molecule has 9 heteroatoms. The molecule has 1 aromatic carbocycles. The number of hydrogen-bond acceptors (Lipinski definition) is 5. The maximum Gasteiger partial charge on any atom is 0.338 e. The van der Waals surface area contributed by atoms with Gasteiger partial charge in [0.2, 0.25) is 11.8 Å². The van der Waals surface area contributed by atoms with E-state index in [1.54, 1.807) is 60.3 Å². The number of rotatable bonds is 12. The molecule has 2 atom stereocenters. The summed E-state index contributed by atoms with van der Waals surface area (Å²) >= 11 is 0. The largest absolute Gasteiger partial charge is 0.481 e. The molecule has 9 nitrogen and oxygen atoms in total. The predicted octanol–water partition coefficient (Wildman–Crippen LogP) is 2.85. The molecule has 1 aromatic heterocycles. The molecule has 2 rings (SSSR count). The predicted molar refractivity (Wildman–Crippen MR) is 118 cm³/mol. The normalized spacial score (nSPS) is 12.4. The number of aromatic nitrogens is 1. The summed E-state index contributed by atoms with van der Waals surface area (Å²) < 4.78 is 6.49. The maximum atomic E-state index is 12.5. The van der Waals surface area contributed by atoms with E-state index in [4.69, 9.17) is 9.84 Å². The fourth-order valence-corrected chi connectivity index (χ4v) is 3.05. The SMILES string of the molecule is CCOC(=O)c1ccc(NC(=O)CCC(C)CNC(=O)[C@@H](CC(=O)O)n2cccc2)cc1. The van der Waals surface area contributed by atoms with Gasteiger partial charge in [-0.05, 0) is 55.7 Å². The number of ether oxygens (including phenoxy) is 1. The number of aliphatic carboxylic acids is 1. The quantitative estimate of drug-likeness (QED) is 0.433. The van der Waals surface area contributed by atoms with Gasteiger partial charge in [0.15, 0.2) is 0 Å². The first-order valence-electron chi connectivity index (χ1n) is 10.5. The monoisotopic (exact) mass is 443 g/mol. The highest BCUT2D eigenvalue weighted by atomic mass is 16.5. The number of anilines is 1. The number of carbonyl (C=O) groups excluding carboxylic acids is 3. The molecular formula is C23H29N3O6. The highest BCUT2D eigenvalue weighted by Gasteiger charge is 2.23. The molecular weight excluding hydrogens is 414 g/mol. The van der Waals surface area contributed by atoms with Gasteiger partial charge in [0.05, 0.1) is 18.6 Å². The Morgan fingerprint density at radius 1 is 1.09 bits per heavy atom. The van der Waals surface area contributed by atoms with E-state index in [9.17, 15) is 19.2 Å².